The molecule has 39 heavy (non-hydrogen) atoms. The lowest BCUT2D eigenvalue weighted by atomic mass is 9.83. The molecular weight excluding hydrogens is 512 g/mol. The molecule has 0 amide bonds. The highest BCUT2D eigenvalue weighted by Gasteiger charge is 2.33. The summed E-state index contributed by atoms with van der Waals surface area (Å²) in [5, 5.41) is 0. The lowest BCUT2D eigenvalue weighted by Gasteiger charge is -2.31. The molecule has 2 aliphatic rings. The molecule has 1 aliphatic carbocycles. The summed E-state index contributed by atoms with van der Waals surface area (Å²) in [6.07, 6.45) is 3.54. The number of nitrogens with zero attached hydrogens (tertiary/aromatic N) is 2. The summed E-state index contributed by atoms with van der Waals surface area (Å²) in [5.41, 5.74) is 6.09. The standard InChI is InChI=1S/C31H26N2O5S/c1-18(34)38-22-12-8-19(9-13-22)16-27-30(35)33-29(21-11-15-25(36-2)26(17-21)37-3)24-14-10-20-6-4-5-7-23(20)28(24)32-31(33)39-27/h4-9,11-13,15-17,29H,10,14H2,1-3H3/b27-16-/t29-/m0/s1. The van der Waals surface area contributed by atoms with E-state index in [2.05, 4.69) is 18.2 Å². The summed E-state index contributed by atoms with van der Waals surface area (Å²) in [6.45, 7) is 1.36. The lowest BCUT2D eigenvalue weighted by molar-refractivity contribution is -0.131. The van der Waals surface area contributed by atoms with Gasteiger partial charge in [-0.2, -0.15) is 0 Å². The highest BCUT2D eigenvalue weighted by molar-refractivity contribution is 7.07. The Hall–Kier alpha value is -4.43. The third kappa shape index (κ3) is 4.46. The number of fused-ring (bicyclic) bond motifs is 3. The van der Waals surface area contributed by atoms with Gasteiger partial charge in [-0.05, 0) is 65.4 Å². The first-order chi connectivity index (χ1) is 19.0. The van der Waals surface area contributed by atoms with Gasteiger partial charge in [-0.25, -0.2) is 4.99 Å². The zero-order valence-electron chi connectivity index (χ0n) is 21.8. The van der Waals surface area contributed by atoms with Crippen LogP contribution in [0.3, 0.4) is 0 Å². The van der Waals surface area contributed by atoms with Crippen LogP contribution in [-0.2, 0) is 11.2 Å². The average molecular weight is 539 g/mol. The fraction of sp³-hybridized carbons (Fsp3) is 0.194. The van der Waals surface area contributed by atoms with Gasteiger partial charge in [-0.1, -0.05) is 53.8 Å². The van der Waals surface area contributed by atoms with Gasteiger partial charge in [0.2, 0.25) is 0 Å². The minimum atomic E-state index is -0.378. The molecule has 0 N–H and O–H groups in total. The smallest absolute Gasteiger partial charge is 0.308 e. The Balaban J connectivity index is 1.55. The summed E-state index contributed by atoms with van der Waals surface area (Å²) in [4.78, 5) is 30.9. The molecule has 0 saturated heterocycles. The molecule has 0 saturated carbocycles. The van der Waals surface area contributed by atoms with Gasteiger partial charge in [0.15, 0.2) is 16.3 Å². The second-order valence-electron chi connectivity index (χ2n) is 9.39. The summed E-state index contributed by atoms with van der Waals surface area (Å²) >= 11 is 1.37. The molecule has 2 heterocycles. The third-order valence-electron chi connectivity index (χ3n) is 7.04. The van der Waals surface area contributed by atoms with Gasteiger partial charge in [-0.3, -0.25) is 14.2 Å². The molecule has 4 aromatic rings. The van der Waals surface area contributed by atoms with Crippen molar-refractivity contribution in [1.29, 1.82) is 0 Å². The van der Waals surface area contributed by atoms with E-state index in [1.54, 1.807) is 30.9 Å². The second-order valence-corrected chi connectivity index (χ2v) is 10.4. The van der Waals surface area contributed by atoms with E-state index in [0.29, 0.717) is 26.6 Å². The fourth-order valence-electron chi connectivity index (χ4n) is 5.29. The largest absolute Gasteiger partial charge is 0.493 e. The van der Waals surface area contributed by atoms with E-state index >= 15 is 0 Å². The number of hydrogen-bond acceptors (Lipinski definition) is 7. The van der Waals surface area contributed by atoms with Crippen molar-refractivity contribution in [3.8, 4) is 17.2 Å². The number of ether oxygens (including phenoxy) is 3. The molecule has 3 aromatic carbocycles. The number of allylic oxidation sites excluding steroid dienone is 1. The second kappa shape index (κ2) is 10.0. The number of esters is 1. The van der Waals surface area contributed by atoms with Crippen LogP contribution in [0.15, 0.2) is 82.1 Å². The van der Waals surface area contributed by atoms with Crippen LogP contribution in [0.2, 0.25) is 0 Å². The molecule has 1 aromatic heterocycles. The Labute approximate surface area is 228 Å². The van der Waals surface area contributed by atoms with Crippen LogP contribution >= 0.6 is 11.3 Å². The van der Waals surface area contributed by atoms with Gasteiger partial charge < -0.3 is 14.2 Å². The first kappa shape index (κ1) is 24.9. The topological polar surface area (TPSA) is 79.1 Å². The van der Waals surface area contributed by atoms with Crippen molar-refractivity contribution in [2.45, 2.75) is 25.8 Å². The summed E-state index contributed by atoms with van der Waals surface area (Å²) in [5.74, 6) is 1.33. The Morgan fingerprint density at radius 3 is 2.51 bits per heavy atom. The molecule has 7 nitrogen and oxygen atoms in total. The highest BCUT2D eigenvalue weighted by atomic mass is 32.1. The molecule has 196 valence electrons. The van der Waals surface area contributed by atoms with Crippen LogP contribution in [0.1, 0.15) is 41.6 Å². The van der Waals surface area contributed by atoms with E-state index in [0.717, 1.165) is 40.8 Å². The quantitative estimate of drug-likeness (QED) is 0.280. The van der Waals surface area contributed by atoms with Crippen molar-refractivity contribution in [2.24, 2.45) is 4.99 Å². The highest BCUT2D eigenvalue weighted by Crippen LogP contribution is 2.42. The Bertz CT molecular complexity index is 1810. The number of thiazole rings is 1. The van der Waals surface area contributed by atoms with Crippen LogP contribution in [0.5, 0.6) is 17.2 Å². The third-order valence-corrected chi connectivity index (χ3v) is 8.02. The van der Waals surface area contributed by atoms with Crippen LogP contribution in [0.25, 0.3) is 11.8 Å². The maximum absolute atomic E-state index is 13.9. The molecule has 0 bridgehead atoms. The van der Waals surface area contributed by atoms with Crippen LogP contribution < -0.4 is 29.1 Å². The van der Waals surface area contributed by atoms with Crippen molar-refractivity contribution in [2.75, 3.05) is 14.2 Å². The zero-order chi connectivity index (χ0) is 27.1. The van der Waals surface area contributed by atoms with Crippen molar-refractivity contribution in [1.82, 2.24) is 4.57 Å². The van der Waals surface area contributed by atoms with Crippen molar-refractivity contribution in [3.05, 3.63) is 114 Å². The minimum absolute atomic E-state index is 0.104. The van der Waals surface area contributed by atoms with E-state index in [4.69, 9.17) is 19.2 Å². The van der Waals surface area contributed by atoms with Crippen LogP contribution in [-0.4, -0.2) is 24.8 Å². The number of benzene rings is 3. The number of methoxy groups -OCH3 is 2. The molecule has 0 fully saturated rings. The Morgan fingerprint density at radius 2 is 1.77 bits per heavy atom. The maximum atomic E-state index is 13.9. The lowest BCUT2D eigenvalue weighted by Crippen LogP contribution is -2.38. The minimum Gasteiger partial charge on any atom is -0.493 e. The van der Waals surface area contributed by atoms with Crippen molar-refractivity contribution < 1.29 is 19.0 Å². The molecule has 1 aliphatic heterocycles. The zero-order valence-corrected chi connectivity index (χ0v) is 22.6. The monoisotopic (exact) mass is 538 g/mol. The number of hydrogen-bond donors (Lipinski definition) is 0. The summed E-state index contributed by atoms with van der Waals surface area (Å²) < 4.78 is 18.6. The Morgan fingerprint density at radius 1 is 1.00 bits per heavy atom. The van der Waals surface area contributed by atoms with E-state index in [-0.39, 0.29) is 17.6 Å². The van der Waals surface area contributed by atoms with Crippen LogP contribution in [0, 0.1) is 0 Å². The summed E-state index contributed by atoms with van der Waals surface area (Å²) in [6, 6.07) is 20.9. The first-order valence-electron chi connectivity index (χ1n) is 12.6. The SMILES string of the molecule is COc1ccc([C@H]2C3=C(N=c4s/c(=C\c5ccc(OC(C)=O)cc5)c(=O)n42)c2ccccc2CC3)cc1OC. The molecular formula is C31H26N2O5S. The molecule has 1 atom stereocenters. The van der Waals surface area contributed by atoms with Crippen LogP contribution in [0.4, 0.5) is 0 Å². The number of rotatable bonds is 5. The molecule has 0 unspecified atom stereocenters. The molecule has 0 spiro atoms. The van der Waals surface area contributed by atoms with Gasteiger partial charge >= 0.3 is 5.97 Å². The van der Waals surface area contributed by atoms with E-state index in [1.807, 2.05) is 42.5 Å². The van der Waals surface area contributed by atoms with Gasteiger partial charge in [-0.15, -0.1) is 0 Å². The number of carbonyl (C=O) groups excluding carboxylic acids is 1. The van der Waals surface area contributed by atoms with Crippen molar-refractivity contribution in [3.63, 3.8) is 0 Å². The molecule has 8 heteroatoms. The fourth-order valence-corrected chi connectivity index (χ4v) is 6.30. The van der Waals surface area contributed by atoms with Gasteiger partial charge in [0.25, 0.3) is 5.56 Å². The van der Waals surface area contributed by atoms with E-state index < -0.39 is 0 Å². The number of aromatic nitrogens is 1. The first-order valence-corrected chi connectivity index (χ1v) is 13.4. The normalized spacial score (nSPS) is 16.1. The molecule has 0 radical (unpaired) electrons. The predicted octanol–water partition coefficient (Wildman–Crippen LogP) is 4.26. The average Bonchev–Trinajstić information content (AvgIpc) is 3.26. The van der Waals surface area contributed by atoms with Gasteiger partial charge in [0.1, 0.15) is 5.75 Å². The number of carbonyl (C=O) groups is 1. The Kier molecular flexibility index (Phi) is 6.40. The predicted molar refractivity (Wildman–Crippen MR) is 150 cm³/mol. The van der Waals surface area contributed by atoms with E-state index in [9.17, 15) is 9.59 Å². The van der Waals surface area contributed by atoms with E-state index in [1.165, 1.54) is 23.8 Å². The number of aryl methyl sites for hydroxylation is 1. The van der Waals surface area contributed by atoms with Crippen molar-refractivity contribution >= 4 is 29.1 Å². The summed E-state index contributed by atoms with van der Waals surface area (Å²) in [7, 11) is 3.22. The maximum Gasteiger partial charge on any atom is 0.308 e. The van der Waals surface area contributed by atoms with Gasteiger partial charge in [0, 0.05) is 12.5 Å². The van der Waals surface area contributed by atoms with Gasteiger partial charge in [0.05, 0.1) is 30.5 Å². The molecule has 6 rings (SSSR count).